The van der Waals surface area contributed by atoms with Crippen molar-refractivity contribution in [3.63, 3.8) is 0 Å². The van der Waals surface area contributed by atoms with Gasteiger partial charge in [-0.25, -0.2) is 13.2 Å². The third-order valence-corrected chi connectivity index (χ3v) is 3.67. The van der Waals surface area contributed by atoms with E-state index in [9.17, 15) is 18.0 Å². The Morgan fingerprint density at radius 1 is 0.923 bits per heavy atom. The van der Waals surface area contributed by atoms with Gasteiger partial charge in [0, 0.05) is 16.9 Å². The summed E-state index contributed by atoms with van der Waals surface area (Å²) in [6.45, 7) is 0. The molecule has 8 heteroatoms. The topological polar surface area (TPSA) is 54.0 Å². The third-order valence-electron chi connectivity index (χ3n) is 3.42. The van der Waals surface area contributed by atoms with Gasteiger partial charge in [-0.05, 0) is 42.5 Å². The summed E-state index contributed by atoms with van der Waals surface area (Å²) >= 11 is 5.78. The van der Waals surface area contributed by atoms with Crippen LogP contribution in [0.15, 0.2) is 54.9 Å². The SMILES string of the molecule is O=C(Nc1ccc(Cl)cc1)c1cncc(Nc2ccc(F)c(F)c2F)c1. The monoisotopic (exact) mass is 377 g/mol. The lowest BCUT2D eigenvalue weighted by molar-refractivity contribution is 0.102. The number of carbonyl (C=O) groups is 1. The summed E-state index contributed by atoms with van der Waals surface area (Å²) in [5.41, 5.74) is 0.678. The van der Waals surface area contributed by atoms with E-state index in [4.69, 9.17) is 11.6 Å². The van der Waals surface area contributed by atoms with Crippen molar-refractivity contribution in [1.29, 1.82) is 0 Å². The highest BCUT2D eigenvalue weighted by Gasteiger charge is 2.14. The van der Waals surface area contributed by atoms with Crippen LogP contribution in [0.1, 0.15) is 10.4 Å². The van der Waals surface area contributed by atoms with Gasteiger partial charge < -0.3 is 10.6 Å². The van der Waals surface area contributed by atoms with Gasteiger partial charge in [-0.2, -0.15) is 0 Å². The Morgan fingerprint density at radius 3 is 2.38 bits per heavy atom. The lowest BCUT2D eigenvalue weighted by atomic mass is 10.2. The summed E-state index contributed by atoms with van der Waals surface area (Å²) < 4.78 is 40.0. The van der Waals surface area contributed by atoms with Gasteiger partial charge in [0.2, 0.25) is 0 Å². The van der Waals surface area contributed by atoms with Crippen LogP contribution in [-0.2, 0) is 0 Å². The van der Waals surface area contributed by atoms with Gasteiger partial charge in [0.05, 0.1) is 23.1 Å². The molecule has 0 saturated carbocycles. The molecule has 0 radical (unpaired) electrons. The molecule has 0 fully saturated rings. The minimum absolute atomic E-state index is 0.188. The Bertz CT molecular complexity index is 964. The smallest absolute Gasteiger partial charge is 0.257 e. The minimum atomic E-state index is -1.58. The second-order valence-corrected chi connectivity index (χ2v) is 5.71. The van der Waals surface area contributed by atoms with Crippen LogP contribution >= 0.6 is 11.6 Å². The van der Waals surface area contributed by atoms with Crippen LogP contribution < -0.4 is 10.6 Å². The van der Waals surface area contributed by atoms with Gasteiger partial charge in [-0.3, -0.25) is 9.78 Å². The molecule has 0 saturated heterocycles. The van der Waals surface area contributed by atoms with Crippen molar-refractivity contribution in [1.82, 2.24) is 4.98 Å². The van der Waals surface area contributed by atoms with Crippen molar-refractivity contribution in [3.8, 4) is 0 Å². The van der Waals surface area contributed by atoms with Crippen LogP contribution in [0.4, 0.5) is 30.2 Å². The number of aromatic nitrogens is 1. The summed E-state index contributed by atoms with van der Waals surface area (Å²) in [5, 5.41) is 5.75. The number of amides is 1. The van der Waals surface area contributed by atoms with E-state index < -0.39 is 23.4 Å². The van der Waals surface area contributed by atoms with Crippen molar-refractivity contribution in [3.05, 3.63) is 82.9 Å². The standard InChI is InChI=1S/C18H11ClF3N3O/c19-11-1-3-12(4-2-11)25-18(26)10-7-13(9-23-8-10)24-15-6-5-14(20)16(21)17(15)22/h1-9,24H,(H,25,26). The number of nitrogens with one attached hydrogen (secondary N) is 2. The van der Waals surface area contributed by atoms with Crippen molar-refractivity contribution in [2.75, 3.05) is 10.6 Å². The normalized spacial score (nSPS) is 10.5. The quantitative estimate of drug-likeness (QED) is 0.618. The molecule has 0 aliphatic rings. The molecule has 1 heterocycles. The molecule has 0 spiro atoms. The molecule has 2 N–H and O–H groups in total. The maximum absolute atomic E-state index is 13.7. The van der Waals surface area contributed by atoms with E-state index in [0.717, 1.165) is 12.1 Å². The number of anilines is 3. The first kappa shape index (κ1) is 17.8. The molecule has 4 nitrogen and oxygen atoms in total. The predicted molar refractivity (Wildman–Crippen MR) is 93.2 cm³/mol. The first-order valence-electron chi connectivity index (χ1n) is 7.36. The van der Waals surface area contributed by atoms with E-state index in [1.54, 1.807) is 24.3 Å². The van der Waals surface area contributed by atoms with Crippen molar-refractivity contribution >= 4 is 34.6 Å². The highest BCUT2D eigenvalue weighted by atomic mass is 35.5. The Balaban J connectivity index is 1.79. The summed E-state index contributed by atoms with van der Waals surface area (Å²) in [6.07, 6.45) is 2.64. The molecule has 132 valence electrons. The van der Waals surface area contributed by atoms with Crippen LogP contribution in [0.5, 0.6) is 0 Å². The predicted octanol–water partition coefficient (Wildman–Crippen LogP) is 5.15. The number of rotatable bonds is 4. The van der Waals surface area contributed by atoms with Gasteiger partial charge in [-0.1, -0.05) is 11.6 Å². The van der Waals surface area contributed by atoms with Crippen molar-refractivity contribution in [2.24, 2.45) is 0 Å². The molecule has 3 aromatic rings. The Hall–Kier alpha value is -3.06. The van der Waals surface area contributed by atoms with Crippen LogP contribution in [0.2, 0.25) is 5.02 Å². The van der Waals surface area contributed by atoms with E-state index >= 15 is 0 Å². The molecule has 0 unspecified atom stereocenters. The number of hydrogen-bond acceptors (Lipinski definition) is 3. The molecular formula is C18H11ClF3N3O. The molecule has 0 aliphatic heterocycles. The number of nitrogens with zero attached hydrogens (tertiary/aromatic N) is 1. The van der Waals surface area contributed by atoms with Crippen LogP contribution in [0, 0.1) is 17.5 Å². The lowest BCUT2D eigenvalue weighted by Crippen LogP contribution is -2.12. The lowest BCUT2D eigenvalue weighted by Gasteiger charge is -2.10. The largest absolute Gasteiger partial charge is 0.352 e. The second-order valence-electron chi connectivity index (χ2n) is 5.27. The van der Waals surface area contributed by atoms with E-state index in [1.807, 2.05) is 0 Å². The number of halogens is 4. The average molecular weight is 378 g/mol. The van der Waals surface area contributed by atoms with Crippen LogP contribution in [0.25, 0.3) is 0 Å². The van der Waals surface area contributed by atoms with Gasteiger partial charge in [0.15, 0.2) is 17.5 Å². The second kappa shape index (κ2) is 7.45. The summed E-state index contributed by atoms with van der Waals surface area (Å²) in [4.78, 5) is 16.2. The van der Waals surface area contributed by atoms with Crippen LogP contribution in [0.3, 0.4) is 0 Å². The van der Waals surface area contributed by atoms with E-state index in [-0.39, 0.29) is 16.9 Å². The van der Waals surface area contributed by atoms with E-state index in [1.165, 1.54) is 18.5 Å². The fourth-order valence-electron chi connectivity index (χ4n) is 2.15. The zero-order valence-corrected chi connectivity index (χ0v) is 13.8. The van der Waals surface area contributed by atoms with Gasteiger partial charge >= 0.3 is 0 Å². The number of carbonyl (C=O) groups excluding carboxylic acids is 1. The maximum atomic E-state index is 13.7. The van der Waals surface area contributed by atoms with E-state index in [2.05, 4.69) is 15.6 Å². The van der Waals surface area contributed by atoms with Gasteiger partial charge in [-0.15, -0.1) is 0 Å². The Kier molecular flexibility index (Phi) is 5.09. The molecule has 0 aliphatic carbocycles. The fourth-order valence-corrected chi connectivity index (χ4v) is 2.27. The number of benzene rings is 2. The summed E-state index contributed by atoms with van der Waals surface area (Å²) in [6, 6.07) is 9.76. The Labute approximate surface area is 151 Å². The molecule has 1 amide bonds. The van der Waals surface area contributed by atoms with E-state index in [0.29, 0.717) is 10.7 Å². The van der Waals surface area contributed by atoms with Crippen molar-refractivity contribution < 1.29 is 18.0 Å². The molecule has 0 atom stereocenters. The molecule has 0 bridgehead atoms. The fraction of sp³-hybridized carbons (Fsp3) is 0. The summed E-state index contributed by atoms with van der Waals surface area (Å²) in [5.74, 6) is -4.68. The number of hydrogen-bond donors (Lipinski definition) is 2. The van der Waals surface area contributed by atoms with Gasteiger partial charge in [0.1, 0.15) is 0 Å². The third kappa shape index (κ3) is 3.94. The minimum Gasteiger partial charge on any atom is -0.352 e. The van der Waals surface area contributed by atoms with Crippen LogP contribution in [-0.4, -0.2) is 10.9 Å². The highest BCUT2D eigenvalue weighted by molar-refractivity contribution is 6.30. The zero-order valence-electron chi connectivity index (χ0n) is 13.1. The summed E-state index contributed by atoms with van der Waals surface area (Å²) in [7, 11) is 0. The Morgan fingerprint density at radius 2 is 1.65 bits per heavy atom. The van der Waals surface area contributed by atoms with Crippen molar-refractivity contribution in [2.45, 2.75) is 0 Å². The highest BCUT2D eigenvalue weighted by Crippen LogP contribution is 2.24. The molecular weight excluding hydrogens is 367 g/mol. The number of pyridine rings is 1. The molecule has 26 heavy (non-hydrogen) atoms. The molecule has 2 aromatic carbocycles. The maximum Gasteiger partial charge on any atom is 0.257 e. The molecule has 1 aromatic heterocycles. The van der Waals surface area contributed by atoms with Gasteiger partial charge in [0.25, 0.3) is 5.91 Å². The first-order valence-corrected chi connectivity index (χ1v) is 7.74. The zero-order chi connectivity index (χ0) is 18.7. The molecule has 3 rings (SSSR count). The average Bonchev–Trinajstić information content (AvgIpc) is 2.64. The first-order chi connectivity index (χ1) is 12.4.